The van der Waals surface area contributed by atoms with Gasteiger partial charge in [0.2, 0.25) is 0 Å². The molecule has 0 fully saturated rings. The van der Waals surface area contributed by atoms with Crippen LogP contribution in [0.1, 0.15) is 17.3 Å². The predicted octanol–water partition coefficient (Wildman–Crippen LogP) is 3.30. The van der Waals surface area contributed by atoms with Gasteiger partial charge in [-0.15, -0.1) is 0 Å². The van der Waals surface area contributed by atoms with Gasteiger partial charge in [-0.3, -0.25) is 0 Å². The first-order chi connectivity index (χ1) is 15.6. The number of aliphatic hydroxyl groups is 1. The minimum Gasteiger partial charge on any atom is -0.510 e. The number of nitrogens with zero attached hydrogens (tertiary/aromatic N) is 4. The number of hydrogen-bond acceptors (Lipinski definition) is 4. The van der Waals surface area contributed by atoms with Crippen LogP contribution in [0.5, 0.6) is 0 Å². The third-order valence-corrected chi connectivity index (χ3v) is 6.17. The molecule has 0 spiro atoms. The van der Waals surface area contributed by atoms with Crippen LogP contribution < -0.4 is 16.3 Å². The summed E-state index contributed by atoms with van der Waals surface area (Å²) in [6.45, 7) is 0.476. The summed E-state index contributed by atoms with van der Waals surface area (Å²) in [5.74, 6) is 0.102. The van der Waals surface area contributed by atoms with Gasteiger partial charge in [-0.1, -0.05) is 66.7 Å². The number of anilines is 1. The molecule has 0 amide bonds. The Labute approximate surface area is 183 Å². The Morgan fingerprint density at radius 3 is 2.22 bits per heavy atom. The van der Waals surface area contributed by atoms with E-state index >= 15 is 0 Å². The van der Waals surface area contributed by atoms with Crippen molar-refractivity contribution >= 4 is 11.3 Å². The Morgan fingerprint density at radius 1 is 0.812 bits per heavy atom. The molecular formula is C25H20N4O3. The number of aromatic nitrogens is 3. The number of hydrogen-bond donors (Lipinski definition) is 1. The highest BCUT2D eigenvalue weighted by Gasteiger charge is 2.43. The number of rotatable bonds is 3. The van der Waals surface area contributed by atoms with E-state index < -0.39 is 17.5 Å². The fourth-order valence-electron chi connectivity index (χ4n) is 4.79. The van der Waals surface area contributed by atoms with Crippen molar-refractivity contribution in [3.8, 4) is 5.69 Å². The van der Waals surface area contributed by atoms with Gasteiger partial charge in [-0.2, -0.15) is 0 Å². The molecule has 32 heavy (non-hydrogen) atoms. The van der Waals surface area contributed by atoms with Gasteiger partial charge in [0.15, 0.2) is 6.17 Å². The molecule has 158 valence electrons. The van der Waals surface area contributed by atoms with Crippen LogP contribution in [0.25, 0.3) is 11.3 Å². The Morgan fingerprint density at radius 2 is 1.47 bits per heavy atom. The normalized spacial score (nSPS) is 16.6. The van der Waals surface area contributed by atoms with Gasteiger partial charge in [0.05, 0.1) is 5.69 Å². The fourth-order valence-corrected chi connectivity index (χ4v) is 4.79. The minimum atomic E-state index is -0.619. The molecule has 6 rings (SSSR count). The summed E-state index contributed by atoms with van der Waals surface area (Å²) in [7, 11) is 0. The summed E-state index contributed by atoms with van der Waals surface area (Å²) in [4.78, 5) is 28.9. The van der Waals surface area contributed by atoms with Gasteiger partial charge in [0.25, 0.3) is 0 Å². The van der Waals surface area contributed by atoms with Crippen LogP contribution in [0.3, 0.4) is 0 Å². The molecule has 1 unspecified atom stereocenters. The van der Waals surface area contributed by atoms with Crippen LogP contribution in [0.4, 0.5) is 5.69 Å². The maximum atomic E-state index is 13.6. The maximum absolute atomic E-state index is 13.6. The second-order valence-electron chi connectivity index (χ2n) is 8.00. The summed E-state index contributed by atoms with van der Waals surface area (Å²) in [6.07, 6.45) is -0.619. The summed E-state index contributed by atoms with van der Waals surface area (Å²) in [6, 6.07) is 26.6. The van der Waals surface area contributed by atoms with Gasteiger partial charge in [0, 0.05) is 23.4 Å². The van der Waals surface area contributed by atoms with Crippen molar-refractivity contribution in [3.63, 3.8) is 0 Å². The largest absolute Gasteiger partial charge is 0.510 e. The Balaban J connectivity index is 1.59. The molecule has 1 atom stereocenters. The molecule has 2 aliphatic heterocycles. The quantitative estimate of drug-likeness (QED) is 0.548. The molecule has 1 N–H and O–H groups in total. The van der Waals surface area contributed by atoms with Crippen LogP contribution in [0.2, 0.25) is 0 Å². The van der Waals surface area contributed by atoms with E-state index in [4.69, 9.17) is 0 Å². The second kappa shape index (κ2) is 6.88. The van der Waals surface area contributed by atoms with Crippen molar-refractivity contribution < 1.29 is 5.11 Å². The zero-order valence-electron chi connectivity index (χ0n) is 17.1. The summed E-state index contributed by atoms with van der Waals surface area (Å²) in [5, 5.41) is 11.0. The van der Waals surface area contributed by atoms with E-state index in [1.807, 2.05) is 60.7 Å². The fraction of sp³-hybridized carbons (Fsp3) is 0.120. The predicted molar refractivity (Wildman–Crippen MR) is 122 cm³/mol. The van der Waals surface area contributed by atoms with E-state index in [1.165, 1.54) is 13.9 Å². The van der Waals surface area contributed by atoms with Crippen LogP contribution >= 0.6 is 0 Å². The summed E-state index contributed by atoms with van der Waals surface area (Å²) < 4.78 is 3.98. The molecular weight excluding hydrogens is 404 g/mol. The molecule has 2 aliphatic rings. The first-order valence-corrected chi connectivity index (χ1v) is 10.5. The lowest BCUT2D eigenvalue weighted by atomic mass is 10.0. The molecule has 3 aromatic carbocycles. The molecule has 0 aliphatic carbocycles. The van der Waals surface area contributed by atoms with E-state index in [-0.39, 0.29) is 12.3 Å². The molecule has 0 saturated heterocycles. The lowest BCUT2D eigenvalue weighted by Crippen LogP contribution is -2.42. The van der Waals surface area contributed by atoms with Crippen LogP contribution in [-0.2, 0) is 13.1 Å². The summed E-state index contributed by atoms with van der Waals surface area (Å²) in [5.41, 5.74) is 3.14. The van der Waals surface area contributed by atoms with Crippen molar-refractivity contribution in [2.75, 3.05) is 4.90 Å². The third-order valence-electron chi connectivity index (χ3n) is 6.17. The van der Waals surface area contributed by atoms with Crippen LogP contribution in [0.15, 0.2) is 100 Å². The van der Waals surface area contributed by atoms with Gasteiger partial charge >= 0.3 is 11.4 Å². The van der Waals surface area contributed by atoms with E-state index in [0.29, 0.717) is 17.8 Å². The topological polar surface area (TPSA) is 72.4 Å². The number of para-hydroxylation sites is 2. The van der Waals surface area contributed by atoms with Crippen molar-refractivity contribution in [1.29, 1.82) is 0 Å². The molecule has 3 heterocycles. The molecule has 0 saturated carbocycles. The first-order valence-electron chi connectivity index (χ1n) is 10.5. The molecule has 7 nitrogen and oxygen atoms in total. The van der Waals surface area contributed by atoms with E-state index in [1.54, 1.807) is 24.3 Å². The van der Waals surface area contributed by atoms with Crippen LogP contribution in [0, 0.1) is 0 Å². The molecule has 4 aromatic rings. The standard InChI is InChI=1S/C25H20N4O3/c30-21-16-27-24(31)28(18-11-5-2-6-12-18)25(32)29(27)23-22(21)19-13-7-8-14-20(19)26(23)15-17-9-3-1-4-10-17/h1-14,23,30H,15-16H2. The van der Waals surface area contributed by atoms with Crippen molar-refractivity contribution in [3.05, 3.63) is 123 Å². The van der Waals surface area contributed by atoms with E-state index in [0.717, 1.165) is 16.8 Å². The van der Waals surface area contributed by atoms with Gasteiger partial charge in [-0.25, -0.2) is 23.5 Å². The SMILES string of the molecule is O=c1n(-c2ccccc2)c(=O)n2n1CC(O)=C1c3ccccc3N(Cc3ccccc3)C12. The average molecular weight is 424 g/mol. The van der Waals surface area contributed by atoms with Gasteiger partial charge in [-0.05, 0) is 23.8 Å². The van der Waals surface area contributed by atoms with Crippen molar-refractivity contribution in [1.82, 2.24) is 13.9 Å². The van der Waals surface area contributed by atoms with E-state index in [9.17, 15) is 14.7 Å². The number of aliphatic hydroxyl groups excluding tert-OH is 1. The molecule has 7 heteroatoms. The first kappa shape index (κ1) is 18.5. The van der Waals surface area contributed by atoms with Crippen molar-refractivity contribution in [2.24, 2.45) is 0 Å². The van der Waals surface area contributed by atoms with E-state index in [2.05, 4.69) is 4.90 Å². The third kappa shape index (κ3) is 2.54. The smallest absolute Gasteiger partial charge is 0.354 e. The highest BCUT2D eigenvalue weighted by atomic mass is 16.3. The lowest BCUT2D eigenvalue weighted by molar-refractivity contribution is 0.303. The molecule has 0 radical (unpaired) electrons. The maximum Gasteiger partial charge on any atom is 0.354 e. The number of fused-ring (bicyclic) bond motifs is 5. The minimum absolute atomic E-state index is 0.0484. The highest BCUT2D eigenvalue weighted by molar-refractivity contribution is 5.87. The highest BCUT2D eigenvalue weighted by Crippen LogP contribution is 2.48. The van der Waals surface area contributed by atoms with Crippen molar-refractivity contribution in [2.45, 2.75) is 19.3 Å². The number of benzene rings is 3. The Hall–Kier alpha value is -4.26. The zero-order valence-corrected chi connectivity index (χ0v) is 17.1. The zero-order chi connectivity index (χ0) is 21.8. The second-order valence-corrected chi connectivity index (χ2v) is 8.00. The summed E-state index contributed by atoms with van der Waals surface area (Å²) >= 11 is 0. The Bertz CT molecular complexity index is 1480. The van der Waals surface area contributed by atoms with Gasteiger partial charge in [0.1, 0.15) is 12.3 Å². The lowest BCUT2D eigenvalue weighted by Gasteiger charge is -2.32. The van der Waals surface area contributed by atoms with Gasteiger partial charge < -0.3 is 10.0 Å². The average Bonchev–Trinajstić information content (AvgIpc) is 3.27. The Kier molecular flexibility index (Phi) is 3.98. The molecule has 1 aromatic heterocycles. The monoisotopic (exact) mass is 424 g/mol. The van der Waals surface area contributed by atoms with Crippen LogP contribution in [-0.4, -0.2) is 19.0 Å². The number of allylic oxidation sites excluding steroid dienone is 1. The molecule has 0 bridgehead atoms.